The summed E-state index contributed by atoms with van der Waals surface area (Å²) >= 11 is 0. The molecule has 0 unspecified atom stereocenters. The van der Waals surface area contributed by atoms with Gasteiger partial charge in [-0.3, -0.25) is 4.79 Å². The first-order chi connectivity index (χ1) is 10.1. The number of ether oxygens (including phenoxy) is 1. The van der Waals surface area contributed by atoms with Crippen LogP contribution in [0.4, 0.5) is 0 Å². The molecule has 2 aromatic rings. The van der Waals surface area contributed by atoms with Crippen LogP contribution in [0.5, 0.6) is 5.75 Å². The van der Waals surface area contributed by atoms with E-state index in [-0.39, 0.29) is 5.91 Å². The van der Waals surface area contributed by atoms with Crippen LogP contribution in [0.25, 0.3) is 0 Å². The molecule has 0 aliphatic heterocycles. The fourth-order valence-corrected chi connectivity index (χ4v) is 2.28. The molecule has 0 bridgehead atoms. The Morgan fingerprint density at radius 3 is 2.33 bits per heavy atom. The highest BCUT2D eigenvalue weighted by atomic mass is 16.5. The molecule has 0 spiro atoms. The van der Waals surface area contributed by atoms with Crippen LogP contribution in [0.2, 0.25) is 0 Å². The van der Waals surface area contributed by atoms with Gasteiger partial charge in [-0.15, -0.1) is 0 Å². The molecule has 0 aromatic heterocycles. The summed E-state index contributed by atoms with van der Waals surface area (Å²) in [5.74, 6) is 0.716. The van der Waals surface area contributed by atoms with Gasteiger partial charge in [-0.25, -0.2) is 0 Å². The molecule has 0 atom stereocenters. The Kier molecular flexibility index (Phi) is 4.63. The smallest absolute Gasteiger partial charge is 0.230 e. The number of hydrogen-bond donors (Lipinski definition) is 1. The Bertz CT molecular complexity index is 606. The van der Waals surface area contributed by atoms with Crippen LogP contribution < -0.4 is 10.1 Å². The van der Waals surface area contributed by atoms with Gasteiger partial charge in [0, 0.05) is 12.1 Å². The molecule has 2 rings (SSSR count). The van der Waals surface area contributed by atoms with Crippen molar-refractivity contribution in [2.24, 2.45) is 0 Å². The van der Waals surface area contributed by atoms with Crippen molar-refractivity contribution < 1.29 is 9.53 Å². The molecule has 110 valence electrons. The molecule has 0 aliphatic carbocycles. The molecule has 0 radical (unpaired) electrons. The zero-order valence-electron chi connectivity index (χ0n) is 12.7. The van der Waals surface area contributed by atoms with Crippen molar-refractivity contribution in [2.75, 3.05) is 7.11 Å². The summed E-state index contributed by atoms with van der Waals surface area (Å²) in [6.07, 6.45) is 0. The van der Waals surface area contributed by atoms with Crippen molar-refractivity contribution in [3.05, 3.63) is 65.7 Å². The van der Waals surface area contributed by atoms with Gasteiger partial charge in [-0.2, -0.15) is 0 Å². The predicted molar refractivity (Wildman–Crippen MR) is 84.3 cm³/mol. The standard InChI is InChI=1S/C18H21NO2/c1-18(2,15-11-7-8-12-16(15)21-3)17(20)19-13-14-9-5-4-6-10-14/h4-12H,13H2,1-3H3,(H,19,20). The number of para-hydroxylation sites is 1. The van der Waals surface area contributed by atoms with Crippen LogP contribution >= 0.6 is 0 Å². The Morgan fingerprint density at radius 1 is 1.05 bits per heavy atom. The zero-order valence-corrected chi connectivity index (χ0v) is 12.7. The number of nitrogens with one attached hydrogen (secondary N) is 1. The Morgan fingerprint density at radius 2 is 1.67 bits per heavy atom. The fourth-order valence-electron chi connectivity index (χ4n) is 2.28. The van der Waals surface area contributed by atoms with Crippen LogP contribution in [-0.2, 0) is 16.8 Å². The fraction of sp³-hybridized carbons (Fsp3) is 0.278. The SMILES string of the molecule is COc1ccccc1C(C)(C)C(=O)NCc1ccccc1. The summed E-state index contributed by atoms with van der Waals surface area (Å²) in [5.41, 5.74) is 1.32. The quantitative estimate of drug-likeness (QED) is 0.914. The molecule has 0 heterocycles. The number of carbonyl (C=O) groups excluding carboxylic acids is 1. The van der Waals surface area contributed by atoms with E-state index < -0.39 is 5.41 Å². The third kappa shape index (κ3) is 3.43. The first kappa shape index (κ1) is 15.1. The number of methoxy groups -OCH3 is 1. The van der Waals surface area contributed by atoms with Crippen LogP contribution in [0, 0.1) is 0 Å². The van der Waals surface area contributed by atoms with Gasteiger partial charge in [0.15, 0.2) is 0 Å². The lowest BCUT2D eigenvalue weighted by Crippen LogP contribution is -2.39. The Labute approximate surface area is 126 Å². The van der Waals surface area contributed by atoms with E-state index in [1.807, 2.05) is 68.4 Å². The molecule has 0 fully saturated rings. The highest BCUT2D eigenvalue weighted by Gasteiger charge is 2.32. The average molecular weight is 283 g/mol. The van der Waals surface area contributed by atoms with Crippen LogP contribution in [0.1, 0.15) is 25.0 Å². The molecule has 3 heteroatoms. The molecule has 1 amide bonds. The van der Waals surface area contributed by atoms with E-state index in [1.165, 1.54) is 0 Å². The van der Waals surface area contributed by atoms with Gasteiger partial charge in [-0.05, 0) is 25.5 Å². The van der Waals surface area contributed by atoms with Gasteiger partial charge < -0.3 is 10.1 Å². The second-order valence-corrected chi connectivity index (χ2v) is 5.49. The van der Waals surface area contributed by atoms with Gasteiger partial charge in [0.1, 0.15) is 5.75 Å². The lowest BCUT2D eigenvalue weighted by atomic mass is 9.83. The minimum Gasteiger partial charge on any atom is -0.496 e. The van der Waals surface area contributed by atoms with Crippen molar-refractivity contribution in [3.63, 3.8) is 0 Å². The van der Waals surface area contributed by atoms with Gasteiger partial charge in [0.25, 0.3) is 0 Å². The molecular weight excluding hydrogens is 262 g/mol. The largest absolute Gasteiger partial charge is 0.496 e. The van der Waals surface area contributed by atoms with E-state index in [4.69, 9.17) is 4.74 Å². The number of rotatable bonds is 5. The van der Waals surface area contributed by atoms with Gasteiger partial charge >= 0.3 is 0 Å². The van der Waals surface area contributed by atoms with Crippen molar-refractivity contribution in [1.82, 2.24) is 5.32 Å². The first-order valence-corrected chi connectivity index (χ1v) is 7.01. The molecular formula is C18H21NO2. The minimum atomic E-state index is -0.651. The Hall–Kier alpha value is -2.29. The zero-order chi connectivity index (χ0) is 15.3. The predicted octanol–water partition coefficient (Wildman–Crippen LogP) is 3.29. The average Bonchev–Trinajstić information content (AvgIpc) is 2.53. The maximum absolute atomic E-state index is 12.5. The van der Waals surface area contributed by atoms with Crippen LogP contribution in [-0.4, -0.2) is 13.0 Å². The third-order valence-corrected chi connectivity index (χ3v) is 3.64. The highest BCUT2D eigenvalue weighted by molar-refractivity contribution is 5.88. The molecule has 2 aromatic carbocycles. The van der Waals surface area contributed by atoms with Crippen molar-refractivity contribution in [1.29, 1.82) is 0 Å². The summed E-state index contributed by atoms with van der Waals surface area (Å²) in [4.78, 5) is 12.5. The maximum Gasteiger partial charge on any atom is 0.230 e. The second-order valence-electron chi connectivity index (χ2n) is 5.49. The van der Waals surface area contributed by atoms with Gasteiger partial charge in [-0.1, -0.05) is 48.5 Å². The highest BCUT2D eigenvalue weighted by Crippen LogP contribution is 2.31. The maximum atomic E-state index is 12.5. The summed E-state index contributed by atoms with van der Waals surface area (Å²) in [7, 11) is 1.62. The lowest BCUT2D eigenvalue weighted by molar-refractivity contribution is -0.125. The summed E-state index contributed by atoms with van der Waals surface area (Å²) < 4.78 is 5.36. The van der Waals surface area contributed by atoms with Crippen LogP contribution in [0.15, 0.2) is 54.6 Å². The topological polar surface area (TPSA) is 38.3 Å². The van der Waals surface area contributed by atoms with E-state index in [0.29, 0.717) is 6.54 Å². The van der Waals surface area contributed by atoms with Crippen molar-refractivity contribution in [2.45, 2.75) is 25.8 Å². The lowest BCUT2D eigenvalue weighted by Gasteiger charge is -2.26. The molecule has 0 saturated carbocycles. The van der Waals surface area contributed by atoms with Crippen molar-refractivity contribution in [3.8, 4) is 5.75 Å². The third-order valence-electron chi connectivity index (χ3n) is 3.64. The number of amides is 1. The van der Waals surface area contributed by atoms with Gasteiger partial charge in [0.05, 0.1) is 12.5 Å². The van der Waals surface area contributed by atoms with Crippen molar-refractivity contribution >= 4 is 5.91 Å². The van der Waals surface area contributed by atoms with E-state index in [2.05, 4.69) is 5.32 Å². The first-order valence-electron chi connectivity index (χ1n) is 7.01. The number of carbonyl (C=O) groups is 1. The molecule has 3 nitrogen and oxygen atoms in total. The van der Waals surface area contributed by atoms with E-state index in [9.17, 15) is 4.79 Å². The van der Waals surface area contributed by atoms with E-state index in [1.54, 1.807) is 7.11 Å². The van der Waals surface area contributed by atoms with Crippen LogP contribution in [0.3, 0.4) is 0 Å². The molecule has 0 aliphatic rings. The van der Waals surface area contributed by atoms with Gasteiger partial charge in [0.2, 0.25) is 5.91 Å². The number of hydrogen-bond acceptors (Lipinski definition) is 2. The monoisotopic (exact) mass is 283 g/mol. The minimum absolute atomic E-state index is 0.0177. The van der Waals surface area contributed by atoms with E-state index >= 15 is 0 Å². The molecule has 0 saturated heterocycles. The summed E-state index contributed by atoms with van der Waals surface area (Å²) in [6, 6.07) is 17.5. The number of benzene rings is 2. The Balaban J connectivity index is 2.13. The molecule has 21 heavy (non-hydrogen) atoms. The van der Waals surface area contributed by atoms with E-state index in [0.717, 1.165) is 16.9 Å². The normalized spacial score (nSPS) is 11.0. The second kappa shape index (κ2) is 6.44. The molecule has 1 N–H and O–H groups in total. The summed E-state index contributed by atoms with van der Waals surface area (Å²) in [5, 5.41) is 2.99. The summed E-state index contributed by atoms with van der Waals surface area (Å²) in [6.45, 7) is 4.34.